The van der Waals surface area contributed by atoms with Gasteiger partial charge in [-0.1, -0.05) is 18.2 Å². The molecule has 0 bridgehead atoms. The molecule has 2 nitrogen and oxygen atoms in total. The summed E-state index contributed by atoms with van der Waals surface area (Å²) in [5.74, 6) is 0. The summed E-state index contributed by atoms with van der Waals surface area (Å²) in [7, 11) is 0. The highest BCUT2D eigenvalue weighted by Crippen LogP contribution is 2.23. The lowest BCUT2D eigenvalue weighted by molar-refractivity contribution is 0.998. The van der Waals surface area contributed by atoms with Gasteiger partial charge in [0.15, 0.2) is 0 Å². The molecule has 3 N–H and O–H groups in total. The maximum atomic E-state index is 5.83. The summed E-state index contributed by atoms with van der Waals surface area (Å²) in [5.41, 5.74) is 8.78. The zero-order valence-electron chi connectivity index (χ0n) is 8.17. The van der Waals surface area contributed by atoms with Gasteiger partial charge in [0.25, 0.3) is 0 Å². The zero-order valence-corrected chi connectivity index (χ0v) is 8.17. The van der Waals surface area contributed by atoms with E-state index in [2.05, 4.69) is 11.9 Å². The van der Waals surface area contributed by atoms with E-state index in [9.17, 15) is 0 Å². The molecule has 0 saturated heterocycles. The summed E-state index contributed by atoms with van der Waals surface area (Å²) in [4.78, 5) is 0. The van der Waals surface area contributed by atoms with Crippen molar-refractivity contribution in [2.24, 2.45) is 0 Å². The van der Waals surface area contributed by atoms with Gasteiger partial charge in [0.2, 0.25) is 0 Å². The van der Waals surface area contributed by atoms with Gasteiger partial charge in [-0.25, -0.2) is 0 Å². The maximum absolute atomic E-state index is 5.83. The first-order chi connectivity index (χ1) is 6.15. The third-order valence-corrected chi connectivity index (χ3v) is 2.03. The normalized spacial score (nSPS) is 12.2. The van der Waals surface area contributed by atoms with Gasteiger partial charge in [0.1, 0.15) is 0 Å². The molecule has 1 aromatic rings. The molecule has 0 fully saturated rings. The number of nitrogen functional groups attached to an aromatic ring is 1. The molecule has 0 aliphatic heterocycles. The Kier molecular flexibility index (Phi) is 2.96. The summed E-state index contributed by atoms with van der Waals surface area (Å²) in [6, 6.07) is 6.12. The minimum absolute atomic E-state index is 0.239. The summed E-state index contributed by atoms with van der Waals surface area (Å²) in [6.07, 6.45) is 1.85. The fourth-order valence-electron chi connectivity index (χ4n) is 1.17. The first-order valence-electron chi connectivity index (χ1n) is 4.39. The third-order valence-electron chi connectivity index (χ3n) is 2.03. The highest BCUT2D eigenvalue weighted by molar-refractivity contribution is 5.70. The number of nitrogens with two attached hydrogens (primary N) is 1. The molecule has 0 aromatic heterocycles. The molecule has 0 radical (unpaired) electrons. The standard InChI is InChI=1S/C11H16N2/c1-4-9(3)13-11-8(2)6-5-7-10(11)12/h4-7,9,13H,1,12H2,2-3H3. The van der Waals surface area contributed by atoms with Crippen LogP contribution in [0, 0.1) is 6.92 Å². The number of rotatable bonds is 3. The van der Waals surface area contributed by atoms with Crippen LogP contribution in [0.15, 0.2) is 30.9 Å². The van der Waals surface area contributed by atoms with Crippen molar-refractivity contribution < 1.29 is 0 Å². The second-order valence-electron chi connectivity index (χ2n) is 3.21. The van der Waals surface area contributed by atoms with Crippen molar-refractivity contribution in [3.8, 4) is 0 Å². The number of hydrogen-bond acceptors (Lipinski definition) is 2. The van der Waals surface area contributed by atoms with Gasteiger partial charge < -0.3 is 11.1 Å². The SMILES string of the molecule is C=CC(C)Nc1c(C)cccc1N. The topological polar surface area (TPSA) is 38.0 Å². The second-order valence-corrected chi connectivity index (χ2v) is 3.21. The van der Waals surface area contributed by atoms with Crippen LogP contribution in [0.4, 0.5) is 11.4 Å². The number of para-hydroxylation sites is 1. The minimum atomic E-state index is 0.239. The molecular weight excluding hydrogens is 160 g/mol. The predicted molar refractivity (Wildman–Crippen MR) is 58.9 cm³/mol. The van der Waals surface area contributed by atoms with Crippen molar-refractivity contribution in [1.29, 1.82) is 0 Å². The third kappa shape index (κ3) is 2.25. The van der Waals surface area contributed by atoms with E-state index in [0.29, 0.717) is 0 Å². The maximum Gasteiger partial charge on any atom is 0.0608 e. The van der Waals surface area contributed by atoms with Crippen LogP contribution in [0.5, 0.6) is 0 Å². The van der Waals surface area contributed by atoms with Crippen LogP contribution in [0.1, 0.15) is 12.5 Å². The molecular formula is C11H16N2. The molecule has 1 rings (SSSR count). The zero-order chi connectivity index (χ0) is 9.84. The highest BCUT2D eigenvalue weighted by Gasteiger charge is 2.03. The van der Waals surface area contributed by atoms with E-state index in [4.69, 9.17) is 5.73 Å². The molecule has 0 spiro atoms. The Balaban J connectivity index is 2.93. The van der Waals surface area contributed by atoms with E-state index >= 15 is 0 Å². The van der Waals surface area contributed by atoms with E-state index in [0.717, 1.165) is 16.9 Å². The van der Waals surface area contributed by atoms with Gasteiger partial charge in [-0.15, -0.1) is 6.58 Å². The van der Waals surface area contributed by atoms with Gasteiger partial charge in [0.05, 0.1) is 11.4 Å². The first kappa shape index (κ1) is 9.65. The van der Waals surface area contributed by atoms with Crippen molar-refractivity contribution in [2.45, 2.75) is 19.9 Å². The summed E-state index contributed by atoms with van der Waals surface area (Å²) in [6.45, 7) is 7.79. The van der Waals surface area contributed by atoms with E-state index < -0.39 is 0 Å². The Bertz CT molecular complexity index is 285. The molecule has 0 saturated carbocycles. The van der Waals surface area contributed by atoms with Crippen LogP contribution in [0.3, 0.4) is 0 Å². The lowest BCUT2D eigenvalue weighted by Crippen LogP contribution is -2.13. The van der Waals surface area contributed by atoms with Crippen molar-refractivity contribution in [2.75, 3.05) is 11.1 Å². The number of benzene rings is 1. The molecule has 0 heterocycles. The van der Waals surface area contributed by atoms with E-state index in [1.54, 1.807) is 0 Å². The Morgan fingerprint density at radius 3 is 2.77 bits per heavy atom. The van der Waals surface area contributed by atoms with Gasteiger partial charge in [-0.05, 0) is 25.5 Å². The largest absolute Gasteiger partial charge is 0.397 e. The molecule has 2 heteroatoms. The quantitative estimate of drug-likeness (QED) is 0.548. The predicted octanol–water partition coefficient (Wildman–Crippen LogP) is 2.56. The number of nitrogens with one attached hydrogen (secondary N) is 1. The summed E-state index contributed by atoms with van der Waals surface area (Å²) >= 11 is 0. The van der Waals surface area contributed by atoms with E-state index in [1.165, 1.54) is 0 Å². The average Bonchev–Trinajstić information content (AvgIpc) is 2.11. The molecule has 0 aliphatic carbocycles. The van der Waals surface area contributed by atoms with Crippen molar-refractivity contribution in [3.63, 3.8) is 0 Å². The fraction of sp³-hybridized carbons (Fsp3) is 0.273. The Morgan fingerprint density at radius 2 is 2.23 bits per heavy atom. The van der Waals surface area contributed by atoms with Crippen LogP contribution in [0.2, 0.25) is 0 Å². The summed E-state index contributed by atoms with van der Waals surface area (Å²) in [5, 5.41) is 3.29. The number of aryl methyl sites for hydroxylation is 1. The van der Waals surface area contributed by atoms with Crippen LogP contribution in [-0.2, 0) is 0 Å². The Hall–Kier alpha value is -1.44. The monoisotopic (exact) mass is 176 g/mol. The molecule has 70 valence electrons. The fourth-order valence-corrected chi connectivity index (χ4v) is 1.17. The van der Waals surface area contributed by atoms with Crippen molar-refractivity contribution >= 4 is 11.4 Å². The molecule has 1 atom stereocenters. The first-order valence-corrected chi connectivity index (χ1v) is 4.39. The lowest BCUT2D eigenvalue weighted by Gasteiger charge is -2.15. The van der Waals surface area contributed by atoms with Crippen LogP contribution >= 0.6 is 0 Å². The Morgan fingerprint density at radius 1 is 1.54 bits per heavy atom. The number of hydrogen-bond donors (Lipinski definition) is 2. The molecule has 1 aromatic carbocycles. The van der Waals surface area contributed by atoms with E-state index in [-0.39, 0.29) is 6.04 Å². The highest BCUT2D eigenvalue weighted by atomic mass is 14.9. The van der Waals surface area contributed by atoms with Crippen LogP contribution in [-0.4, -0.2) is 6.04 Å². The summed E-state index contributed by atoms with van der Waals surface area (Å²) < 4.78 is 0. The second kappa shape index (κ2) is 3.99. The van der Waals surface area contributed by atoms with Crippen LogP contribution in [0.25, 0.3) is 0 Å². The van der Waals surface area contributed by atoms with Crippen molar-refractivity contribution in [1.82, 2.24) is 0 Å². The van der Waals surface area contributed by atoms with Crippen LogP contribution < -0.4 is 11.1 Å². The lowest BCUT2D eigenvalue weighted by atomic mass is 10.1. The molecule has 0 amide bonds. The smallest absolute Gasteiger partial charge is 0.0608 e. The minimum Gasteiger partial charge on any atom is -0.397 e. The van der Waals surface area contributed by atoms with Gasteiger partial charge in [0, 0.05) is 6.04 Å². The molecule has 1 unspecified atom stereocenters. The molecule has 13 heavy (non-hydrogen) atoms. The number of anilines is 2. The Labute approximate surface area is 79.5 Å². The van der Waals surface area contributed by atoms with Gasteiger partial charge in [-0.3, -0.25) is 0 Å². The van der Waals surface area contributed by atoms with Gasteiger partial charge >= 0.3 is 0 Å². The van der Waals surface area contributed by atoms with Gasteiger partial charge in [-0.2, -0.15) is 0 Å². The molecule has 0 aliphatic rings. The van der Waals surface area contributed by atoms with Crippen molar-refractivity contribution in [3.05, 3.63) is 36.4 Å². The average molecular weight is 176 g/mol. The van der Waals surface area contributed by atoms with E-state index in [1.807, 2.05) is 38.1 Å².